The van der Waals surface area contributed by atoms with E-state index in [9.17, 15) is 26.7 Å². The van der Waals surface area contributed by atoms with Crippen molar-refractivity contribution in [3.63, 3.8) is 0 Å². The second-order valence-electron chi connectivity index (χ2n) is 5.45. The first kappa shape index (κ1) is 15.9. The summed E-state index contributed by atoms with van der Waals surface area (Å²) < 4.78 is 69.3. The summed E-state index contributed by atoms with van der Waals surface area (Å²) >= 11 is 0. The molecule has 23 heavy (non-hydrogen) atoms. The number of nitrogens with one attached hydrogen (secondary N) is 1. The molecular weight excluding hydrogens is 327 g/mol. The lowest BCUT2D eigenvalue weighted by Gasteiger charge is -2.30. The Morgan fingerprint density at radius 2 is 2.00 bits per heavy atom. The highest BCUT2D eigenvalue weighted by atomic mass is 19.4. The van der Waals surface area contributed by atoms with Gasteiger partial charge in [0.25, 0.3) is 0 Å². The van der Waals surface area contributed by atoms with Crippen molar-refractivity contribution in [2.45, 2.75) is 43.1 Å². The molecule has 0 aliphatic carbocycles. The summed E-state index contributed by atoms with van der Waals surface area (Å²) in [4.78, 5) is 14.2. The number of carbonyl (C=O) groups is 1. The van der Waals surface area contributed by atoms with E-state index in [1.165, 1.54) is 0 Å². The quantitative estimate of drug-likeness (QED) is 0.810. The van der Waals surface area contributed by atoms with Crippen LogP contribution in [0.4, 0.5) is 22.0 Å². The lowest BCUT2D eigenvalue weighted by atomic mass is 9.93. The van der Waals surface area contributed by atoms with Crippen LogP contribution in [0, 0.1) is 0 Å². The van der Waals surface area contributed by atoms with Gasteiger partial charge in [0.1, 0.15) is 23.6 Å². The number of hydrogen-bond donors (Lipinski definition) is 2. The molecule has 0 aromatic carbocycles. The third-order valence-corrected chi connectivity index (χ3v) is 3.98. The molecule has 0 radical (unpaired) electrons. The van der Waals surface area contributed by atoms with Crippen LogP contribution >= 0.6 is 0 Å². The summed E-state index contributed by atoms with van der Waals surface area (Å²) in [5, 5.41) is 11.8. The van der Waals surface area contributed by atoms with Gasteiger partial charge in [-0.1, -0.05) is 0 Å². The van der Waals surface area contributed by atoms with E-state index in [2.05, 4.69) is 10.3 Å². The van der Waals surface area contributed by atoms with Crippen molar-refractivity contribution >= 4 is 5.97 Å². The Labute approximate surface area is 126 Å². The first-order valence-corrected chi connectivity index (χ1v) is 6.71. The van der Waals surface area contributed by atoms with E-state index in [1.807, 2.05) is 0 Å². The normalized spacial score (nSPS) is 27.1. The zero-order chi connectivity index (χ0) is 17.0. The number of hydrogen-bond acceptors (Lipinski definition) is 4. The Bertz CT molecular complexity index is 649. The van der Waals surface area contributed by atoms with Crippen LogP contribution in [0.2, 0.25) is 0 Å². The summed E-state index contributed by atoms with van der Waals surface area (Å²) in [7, 11) is 0. The number of fused-ring (bicyclic) bond motifs is 3. The van der Waals surface area contributed by atoms with Crippen molar-refractivity contribution in [3.05, 3.63) is 23.5 Å². The number of piperidine rings is 1. The largest absolute Gasteiger partial charge is 0.488 e. The molecule has 126 valence electrons. The predicted molar refractivity (Wildman–Crippen MR) is 65.1 cm³/mol. The lowest BCUT2D eigenvalue weighted by Crippen LogP contribution is -2.47. The monoisotopic (exact) mass is 338 g/mol. The molecule has 3 rings (SSSR count). The van der Waals surface area contributed by atoms with Crippen LogP contribution in [-0.4, -0.2) is 34.4 Å². The molecule has 3 atom stereocenters. The van der Waals surface area contributed by atoms with Crippen molar-refractivity contribution in [2.75, 3.05) is 0 Å². The van der Waals surface area contributed by atoms with Crippen molar-refractivity contribution < 1.29 is 36.6 Å². The average molecular weight is 338 g/mol. The van der Waals surface area contributed by atoms with Gasteiger partial charge in [-0.05, 0) is 12.8 Å². The zero-order valence-corrected chi connectivity index (χ0v) is 11.4. The van der Waals surface area contributed by atoms with E-state index in [-0.39, 0.29) is 17.7 Å². The molecule has 2 N–H and O–H groups in total. The number of carboxylic acids is 1. The summed E-state index contributed by atoms with van der Waals surface area (Å²) in [6, 6.07) is -0.860. The molecule has 3 heterocycles. The molecule has 1 saturated heterocycles. The number of carboxylic acid groups (broad SMARTS) is 1. The molecule has 2 aliphatic rings. The predicted octanol–water partition coefficient (Wildman–Crippen LogP) is 2.37. The first-order chi connectivity index (χ1) is 10.6. The van der Waals surface area contributed by atoms with Crippen LogP contribution in [-0.2, 0) is 10.7 Å². The third kappa shape index (κ3) is 2.50. The molecule has 1 fully saturated rings. The highest BCUT2D eigenvalue weighted by Crippen LogP contribution is 2.47. The van der Waals surface area contributed by atoms with Crippen LogP contribution in [0.3, 0.4) is 0 Å². The minimum atomic E-state index is -5.76. The fourth-order valence-electron chi connectivity index (χ4n) is 2.78. The summed E-state index contributed by atoms with van der Waals surface area (Å²) in [5.41, 5.74) is -1.17. The molecule has 0 spiro atoms. The molecule has 1 aromatic heterocycles. The maximum atomic E-state index is 13.3. The van der Waals surface area contributed by atoms with Gasteiger partial charge in [-0.2, -0.15) is 22.0 Å². The van der Waals surface area contributed by atoms with Crippen LogP contribution in [0.5, 0.6) is 5.75 Å². The third-order valence-electron chi connectivity index (χ3n) is 3.98. The second-order valence-corrected chi connectivity index (χ2v) is 5.45. The number of aromatic nitrogens is 1. The Morgan fingerprint density at radius 3 is 2.61 bits per heavy atom. The first-order valence-electron chi connectivity index (χ1n) is 6.71. The Hall–Kier alpha value is -1.97. The SMILES string of the molecule is O=C(O)C1CC[C@@H]2Oc3cc(C(F)(F)C(F)(F)F)ncc3[C@@H]2N1. The number of alkyl halides is 5. The van der Waals surface area contributed by atoms with Gasteiger partial charge in [0.2, 0.25) is 0 Å². The molecule has 2 aliphatic heterocycles. The van der Waals surface area contributed by atoms with Gasteiger partial charge in [0.15, 0.2) is 0 Å². The van der Waals surface area contributed by atoms with E-state index in [4.69, 9.17) is 9.84 Å². The molecule has 0 bridgehead atoms. The fraction of sp³-hybridized carbons (Fsp3) is 0.538. The Kier molecular flexibility index (Phi) is 3.47. The van der Waals surface area contributed by atoms with E-state index in [0.717, 1.165) is 6.20 Å². The van der Waals surface area contributed by atoms with Gasteiger partial charge in [0.05, 0.1) is 6.04 Å². The minimum absolute atomic E-state index is 0.132. The summed E-state index contributed by atoms with van der Waals surface area (Å²) in [6.07, 6.45) is -4.78. The standard InChI is InChI=1S/C13H11F5N2O3/c14-12(15,13(16,17)18)9-3-8-5(4-19-9)10-7(23-8)2-1-6(20-10)11(21)22/h3-4,6-7,10,20H,1-2H2,(H,21,22)/t6?,7-,10-/m0/s1. The van der Waals surface area contributed by atoms with Gasteiger partial charge in [0, 0.05) is 17.8 Å². The van der Waals surface area contributed by atoms with Crippen molar-refractivity contribution in [1.82, 2.24) is 10.3 Å². The average Bonchev–Trinajstić information content (AvgIpc) is 2.82. The van der Waals surface area contributed by atoms with Gasteiger partial charge in [-0.3, -0.25) is 15.1 Å². The van der Waals surface area contributed by atoms with Crippen molar-refractivity contribution in [3.8, 4) is 5.75 Å². The highest BCUT2D eigenvalue weighted by Gasteiger charge is 2.60. The van der Waals surface area contributed by atoms with E-state index < -0.39 is 41.9 Å². The second kappa shape index (κ2) is 5.02. The van der Waals surface area contributed by atoms with Crippen molar-refractivity contribution in [2.24, 2.45) is 0 Å². The smallest absolute Gasteiger partial charge is 0.459 e. The summed E-state index contributed by atoms with van der Waals surface area (Å²) in [5.74, 6) is -6.28. The van der Waals surface area contributed by atoms with Crippen LogP contribution in [0.1, 0.15) is 30.1 Å². The number of pyridine rings is 1. The van der Waals surface area contributed by atoms with Gasteiger partial charge in [-0.25, -0.2) is 0 Å². The number of aliphatic carboxylic acids is 1. The van der Waals surface area contributed by atoms with Crippen molar-refractivity contribution in [1.29, 1.82) is 0 Å². The molecule has 0 amide bonds. The maximum absolute atomic E-state index is 13.3. The number of halogens is 5. The number of rotatable bonds is 2. The van der Waals surface area contributed by atoms with Gasteiger partial charge < -0.3 is 9.84 Å². The highest BCUT2D eigenvalue weighted by molar-refractivity contribution is 5.73. The number of nitrogens with zero attached hydrogens (tertiary/aromatic N) is 1. The van der Waals surface area contributed by atoms with Gasteiger partial charge in [-0.15, -0.1) is 0 Å². The maximum Gasteiger partial charge on any atom is 0.459 e. The molecule has 1 aromatic rings. The van der Waals surface area contributed by atoms with E-state index in [0.29, 0.717) is 12.5 Å². The fourth-order valence-corrected chi connectivity index (χ4v) is 2.78. The van der Waals surface area contributed by atoms with Crippen LogP contribution < -0.4 is 10.1 Å². The number of ether oxygens (including phenoxy) is 1. The van der Waals surface area contributed by atoms with Gasteiger partial charge >= 0.3 is 18.1 Å². The Morgan fingerprint density at radius 1 is 1.30 bits per heavy atom. The summed E-state index contributed by atoms with van der Waals surface area (Å²) in [6.45, 7) is 0. The van der Waals surface area contributed by atoms with E-state index in [1.54, 1.807) is 0 Å². The lowest BCUT2D eigenvalue weighted by molar-refractivity contribution is -0.291. The molecule has 5 nitrogen and oxygen atoms in total. The Balaban J connectivity index is 1.91. The van der Waals surface area contributed by atoms with Crippen LogP contribution in [0.25, 0.3) is 0 Å². The van der Waals surface area contributed by atoms with E-state index >= 15 is 0 Å². The molecule has 10 heteroatoms. The molecule has 0 saturated carbocycles. The topological polar surface area (TPSA) is 71.5 Å². The minimum Gasteiger partial charge on any atom is -0.488 e. The van der Waals surface area contributed by atoms with Crippen LogP contribution in [0.15, 0.2) is 12.3 Å². The zero-order valence-electron chi connectivity index (χ0n) is 11.4. The molecule has 1 unspecified atom stereocenters. The molecular formula is C13H11F5N2O3.